The van der Waals surface area contributed by atoms with Gasteiger partial charge in [-0.1, -0.05) is 52.8 Å². The van der Waals surface area contributed by atoms with Crippen LogP contribution in [0.25, 0.3) is 0 Å². The summed E-state index contributed by atoms with van der Waals surface area (Å²) in [4.78, 5) is 1.48. The SMILES string of the molecule is CCC(CC)(c1ccc(CCC(O)C(C)(C)C)c(C)c1)c1cc(C)cs1. The second kappa shape index (κ2) is 8.27. The molecule has 2 heteroatoms. The van der Waals surface area contributed by atoms with Crippen LogP contribution in [0.4, 0.5) is 0 Å². The Kier molecular flexibility index (Phi) is 6.74. The number of thiophene rings is 1. The minimum atomic E-state index is -0.263. The molecule has 1 aromatic heterocycles. The predicted octanol–water partition coefficient (Wildman–Crippen LogP) is 6.81. The molecule has 26 heavy (non-hydrogen) atoms. The van der Waals surface area contributed by atoms with Crippen molar-refractivity contribution in [3.05, 3.63) is 56.8 Å². The van der Waals surface area contributed by atoms with Crippen molar-refractivity contribution in [3.8, 4) is 0 Å². The van der Waals surface area contributed by atoms with Gasteiger partial charge in [-0.3, -0.25) is 0 Å². The third-order valence-corrected chi connectivity index (χ3v) is 7.24. The zero-order valence-electron chi connectivity index (χ0n) is 17.6. The fraction of sp³-hybridized carbons (Fsp3) is 0.583. The van der Waals surface area contributed by atoms with Crippen LogP contribution in [-0.2, 0) is 11.8 Å². The summed E-state index contributed by atoms with van der Waals surface area (Å²) in [5.74, 6) is 0. The second-order valence-corrected chi connectivity index (χ2v) is 9.75. The van der Waals surface area contributed by atoms with Gasteiger partial charge in [-0.15, -0.1) is 11.3 Å². The Labute approximate surface area is 164 Å². The molecule has 0 aliphatic rings. The van der Waals surface area contributed by atoms with E-state index < -0.39 is 0 Å². The van der Waals surface area contributed by atoms with E-state index in [2.05, 4.69) is 78.1 Å². The molecule has 1 heterocycles. The van der Waals surface area contributed by atoms with E-state index in [1.54, 1.807) is 0 Å². The Bertz CT molecular complexity index is 716. The van der Waals surface area contributed by atoms with Crippen molar-refractivity contribution in [2.45, 2.75) is 85.7 Å². The molecule has 0 aliphatic heterocycles. The maximum Gasteiger partial charge on any atom is 0.0591 e. The molecular formula is C24H36OS. The molecule has 1 aromatic carbocycles. The lowest BCUT2D eigenvalue weighted by Crippen LogP contribution is -2.26. The van der Waals surface area contributed by atoms with Gasteiger partial charge >= 0.3 is 0 Å². The number of hydrogen-bond donors (Lipinski definition) is 1. The van der Waals surface area contributed by atoms with Crippen molar-refractivity contribution >= 4 is 11.3 Å². The Morgan fingerprint density at radius 1 is 1.04 bits per heavy atom. The van der Waals surface area contributed by atoms with E-state index in [-0.39, 0.29) is 16.9 Å². The first kappa shape index (κ1) is 21.2. The van der Waals surface area contributed by atoms with Gasteiger partial charge in [0.2, 0.25) is 0 Å². The van der Waals surface area contributed by atoms with Crippen LogP contribution in [0.3, 0.4) is 0 Å². The number of aliphatic hydroxyl groups is 1. The lowest BCUT2D eigenvalue weighted by Gasteiger charge is -2.32. The maximum absolute atomic E-state index is 10.4. The molecular weight excluding hydrogens is 336 g/mol. The van der Waals surface area contributed by atoms with Crippen molar-refractivity contribution in [1.82, 2.24) is 0 Å². The molecule has 0 bridgehead atoms. The number of rotatable bonds is 7. The van der Waals surface area contributed by atoms with Crippen LogP contribution in [-0.4, -0.2) is 11.2 Å². The molecule has 0 aliphatic carbocycles. The van der Waals surface area contributed by atoms with Crippen LogP contribution in [0.5, 0.6) is 0 Å². The van der Waals surface area contributed by atoms with Crippen molar-refractivity contribution in [3.63, 3.8) is 0 Å². The second-order valence-electron chi connectivity index (χ2n) is 8.84. The maximum atomic E-state index is 10.4. The van der Waals surface area contributed by atoms with E-state index in [0.29, 0.717) is 0 Å². The third-order valence-electron chi connectivity index (χ3n) is 5.99. The number of aryl methyl sites for hydroxylation is 3. The zero-order chi connectivity index (χ0) is 19.5. The highest BCUT2D eigenvalue weighted by atomic mass is 32.1. The molecule has 0 saturated carbocycles. The summed E-state index contributed by atoms with van der Waals surface area (Å²) >= 11 is 1.89. The summed E-state index contributed by atoms with van der Waals surface area (Å²) in [6, 6.07) is 9.37. The molecule has 0 saturated heterocycles. The molecule has 0 radical (unpaired) electrons. The molecule has 2 rings (SSSR count). The van der Waals surface area contributed by atoms with Crippen LogP contribution >= 0.6 is 11.3 Å². The molecule has 0 spiro atoms. The Hall–Kier alpha value is -1.12. The molecule has 1 N–H and O–H groups in total. The Morgan fingerprint density at radius 2 is 1.69 bits per heavy atom. The van der Waals surface area contributed by atoms with E-state index in [9.17, 15) is 5.11 Å². The van der Waals surface area contributed by atoms with E-state index in [0.717, 1.165) is 25.7 Å². The largest absolute Gasteiger partial charge is 0.393 e. The quantitative estimate of drug-likeness (QED) is 0.566. The highest BCUT2D eigenvalue weighted by Crippen LogP contribution is 2.42. The van der Waals surface area contributed by atoms with E-state index >= 15 is 0 Å². The van der Waals surface area contributed by atoms with E-state index in [4.69, 9.17) is 0 Å². The monoisotopic (exact) mass is 372 g/mol. The van der Waals surface area contributed by atoms with Gasteiger partial charge in [0.15, 0.2) is 0 Å². The van der Waals surface area contributed by atoms with Crippen LogP contribution in [0.1, 0.15) is 81.0 Å². The van der Waals surface area contributed by atoms with Gasteiger partial charge < -0.3 is 5.11 Å². The van der Waals surface area contributed by atoms with Gasteiger partial charge in [-0.05, 0) is 78.6 Å². The number of benzene rings is 1. The molecule has 1 atom stereocenters. The first-order valence-corrected chi connectivity index (χ1v) is 10.9. The van der Waals surface area contributed by atoms with E-state index in [1.807, 2.05) is 11.3 Å². The van der Waals surface area contributed by atoms with Crippen molar-refractivity contribution in [2.24, 2.45) is 5.41 Å². The molecule has 1 nitrogen and oxygen atoms in total. The van der Waals surface area contributed by atoms with Crippen molar-refractivity contribution < 1.29 is 5.11 Å². The first-order chi connectivity index (χ1) is 12.1. The molecule has 2 aromatic rings. The Balaban J connectivity index is 2.29. The van der Waals surface area contributed by atoms with Gasteiger partial charge in [0.05, 0.1) is 6.10 Å². The summed E-state index contributed by atoms with van der Waals surface area (Å²) in [5.41, 5.74) is 5.57. The minimum absolute atomic E-state index is 0.0511. The van der Waals surface area contributed by atoms with Crippen LogP contribution in [0.15, 0.2) is 29.6 Å². The lowest BCUT2D eigenvalue weighted by molar-refractivity contribution is 0.0560. The predicted molar refractivity (Wildman–Crippen MR) is 115 cm³/mol. The highest BCUT2D eigenvalue weighted by molar-refractivity contribution is 7.10. The molecule has 0 fully saturated rings. The van der Waals surface area contributed by atoms with Gasteiger partial charge in [-0.25, -0.2) is 0 Å². The summed E-state index contributed by atoms with van der Waals surface area (Å²) in [7, 11) is 0. The van der Waals surface area contributed by atoms with Gasteiger partial charge in [-0.2, -0.15) is 0 Å². The average Bonchev–Trinajstić information content (AvgIpc) is 3.01. The molecule has 0 amide bonds. The Morgan fingerprint density at radius 3 is 2.15 bits per heavy atom. The fourth-order valence-electron chi connectivity index (χ4n) is 3.83. The normalized spacial score (nSPS) is 13.8. The number of aliphatic hydroxyl groups excluding tert-OH is 1. The van der Waals surface area contributed by atoms with Crippen LogP contribution < -0.4 is 0 Å². The standard InChI is InChI=1S/C24H36OS/c1-8-24(9-2,22-14-17(3)16-26-22)20-12-10-19(18(4)15-20)11-13-21(25)23(5,6)7/h10,12,14-16,21,25H,8-9,11,13H2,1-7H3. The average molecular weight is 373 g/mol. The summed E-state index contributed by atoms with van der Waals surface area (Å²) in [6.45, 7) is 15.3. The van der Waals surface area contributed by atoms with Gasteiger partial charge in [0, 0.05) is 10.3 Å². The fourth-order valence-corrected chi connectivity index (χ4v) is 5.10. The van der Waals surface area contributed by atoms with Crippen molar-refractivity contribution in [2.75, 3.05) is 0 Å². The smallest absolute Gasteiger partial charge is 0.0591 e. The van der Waals surface area contributed by atoms with E-state index in [1.165, 1.54) is 27.1 Å². The van der Waals surface area contributed by atoms with Crippen LogP contribution in [0.2, 0.25) is 0 Å². The van der Waals surface area contributed by atoms with Gasteiger partial charge in [0.25, 0.3) is 0 Å². The van der Waals surface area contributed by atoms with Gasteiger partial charge in [0.1, 0.15) is 0 Å². The highest BCUT2D eigenvalue weighted by Gasteiger charge is 2.32. The number of hydrogen-bond acceptors (Lipinski definition) is 2. The molecule has 1 unspecified atom stereocenters. The first-order valence-electron chi connectivity index (χ1n) is 9.97. The summed E-state index contributed by atoms with van der Waals surface area (Å²) in [5, 5.41) is 12.6. The minimum Gasteiger partial charge on any atom is -0.393 e. The van der Waals surface area contributed by atoms with Crippen molar-refractivity contribution in [1.29, 1.82) is 0 Å². The summed E-state index contributed by atoms with van der Waals surface area (Å²) < 4.78 is 0. The topological polar surface area (TPSA) is 20.2 Å². The molecule has 144 valence electrons. The third kappa shape index (κ3) is 4.40. The summed E-state index contributed by atoms with van der Waals surface area (Å²) in [6.07, 6.45) is 3.73. The zero-order valence-corrected chi connectivity index (χ0v) is 18.5. The van der Waals surface area contributed by atoms with Crippen LogP contribution in [0, 0.1) is 19.3 Å². The lowest BCUT2D eigenvalue weighted by atomic mass is 9.73.